The van der Waals surface area contributed by atoms with Crippen molar-refractivity contribution in [2.75, 3.05) is 19.6 Å². The Morgan fingerprint density at radius 2 is 2.05 bits per heavy atom. The molecule has 0 aliphatic carbocycles. The third kappa shape index (κ3) is 3.09. The molecule has 0 saturated heterocycles. The maximum absolute atomic E-state index is 12.3. The predicted octanol–water partition coefficient (Wildman–Crippen LogP) is 2.05. The van der Waals surface area contributed by atoms with Crippen LogP contribution in [0.3, 0.4) is 0 Å². The van der Waals surface area contributed by atoms with Gasteiger partial charge in [-0.1, -0.05) is 24.3 Å². The van der Waals surface area contributed by atoms with Gasteiger partial charge in [-0.05, 0) is 32.0 Å². The van der Waals surface area contributed by atoms with E-state index in [0.717, 1.165) is 17.3 Å². The van der Waals surface area contributed by atoms with Crippen LogP contribution in [0.2, 0.25) is 0 Å². The van der Waals surface area contributed by atoms with E-state index in [1.807, 2.05) is 37.3 Å². The molecule has 0 spiro atoms. The second-order valence-electron chi connectivity index (χ2n) is 4.42. The number of nitrogens with two attached hydrogens (primary N) is 1. The minimum absolute atomic E-state index is 0.0262. The van der Waals surface area contributed by atoms with E-state index < -0.39 is 0 Å². The van der Waals surface area contributed by atoms with Gasteiger partial charge in [0.2, 0.25) is 0 Å². The second kappa shape index (κ2) is 6.29. The van der Waals surface area contributed by atoms with Crippen LogP contribution in [0.25, 0.3) is 10.9 Å². The Balaban J connectivity index is 2.24. The minimum Gasteiger partial charge on any atom is -0.338 e. The highest BCUT2D eigenvalue weighted by Crippen LogP contribution is 2.13. The molecule has 0 fully saturated rings. The Kier molecular flexibility index (Phi) is 4.47. The van der Waals surface area contributed by atoms with Crippen LogP contribution in [0.5, 0.6) is 0 Å². The highest BCUT2D eigenvalue weighted by Gasteiger charge is 2.15. The fraction of sp³-hybridized carbons (Fsp3) is 0.333. The normalized spacial score (nSPS) is 10.6. The number of fused-ring (bicyclic) bond motifs is 1. The van der Waals surface area contributed by atoms with Crippen LogP contribution in [0.15, 0.2) is 36.4 Å². The third-order valence-corrected chi connectivity index (χ3v) is 3.12. The van der Waals surface area contributed by atoms with Crippen molar-refractivity contribution in [1.29, 1.82) is 0 Å². The summed E-state index contributed by atoms with van der Waals surface area (Å²) in [6, 6.07) is 11.5. The molecule has 4 nitrogen and oxygen atoms in total. The largest absolute Gasteiger partial charge is 0.338 e. The number of benzene rings is 1. The number of hydrogen-bond acceptors (Lipinski definition) is 3. The number of rotatable bonds is 5. The lowest BCUT2D eigenvalue weighted by Gasteiger charge is -2.20. The number of hydrogen-bond donors (Lipinski definition) is 1. The number of amides is 1. The molecule has 0 aliphatic rings. The monoisotopic (exact) mass is 257 g/mol. The maximum atomic E-state index is 12.3. The average Bonchev–Trinajstić information content (AvgIpc) is 2.47. The highest BCUT2D eigenvalue weighted by molar-refractivity contribution is 5.94. The first-order valence-electron chi connectivity index (χ1n) is 6.61. The summed E-state index contributed by atoms with van der Waals surface area (Å²) in [5.41, 5.74) is 6.84. The molecule has 1 aromatic heterocycles. The Morgan fingerprint density at radius 3 is 2.79 bits per heavy atom. The molecular formula is C15H19N3O. The first kappa shape index (κ1) is 13.5. The number of para-hydroxylation sites is 1. The lowest BCUT2D eigenvalue weighted by molar-refractivity contribution is 0.0758. The molecule has 2 rings (SSSR count). The topological polar surface area (TPSA) is 59.2 Å². The van der Waals surface area contributed by atoms with Gasteiger partial charge >= 0.3 is 0 Å². The van der Waals surface area contributed by atoms with E-state index in [9.17, 15) is 4.79 Å². The first-order valence-corrected chi connectivity index (χ1v) is 6.61. The number of pyridine rings is 1. The van der Waals surface area contributed by atoms with Crippen LogP contribution in [0, 0.1) is 0 Å². The molecule has 2 N–H and O–H groups in total. The number of carbonyl (C=O) groups excluding carboxylic acids is 1. The molecule has 1 amide bonds. The van der Waals surface area contributed by atoms with Gasteiger partial charge in [0.05, 0.1) is 5.52 Å². The molecule has 100 valence electrons. The van der Waals surface area contributed by atoms with E-state index in [-0.39, 0.29) is 5.91 Å². The molecule has 0 atom stereocenters. The molecule has 4 heteroatoms. The first-order chi connectivity index (χ1) is 9.26. The van der Waals surface area contributed by atoms with E-state index >= 15 is 0 Å². The van der Waals surface area contributed by atoms with Gasteiger partial charge in [-0.3, -0.25) is 4.79 Å². The molecule has 0 saturated carbocycles. The van der Waals surface area contributed by atoms with Crippen LogP contribution < -0.4 is 5.73 Å². The number of nitrogens with zero attached hydrogens (tertiary/aromatic N) is 2. The summed E-state index contributed by atoms with van der Waals surface area (Å²) in [4.78, 5) is 18.6. The summed E-state index contributed by atoms with van der Waals surface area (Å²) in [5, 5.41) is 1.05. The second-order valence-corrected chi connectivity index (χ2v) is 4.42. The standard InChI is InChI=1S/C15H19N3O/c1-2-18(11-5-10-16)15(19)14-9-8-12-6-3-4-7-13(12)17-14/h3-4,6-9H,2,5,10-11,16H2,1H3. The van der Waals surface area contributed by atoms with Crippen molar-refractivity contribution < 1.29 is 4.79 Å². The molecule has 19 heavy (non-hydrogen) atoms. The van der Waals surface area contributed by atoms with Crippen LogP contribution in [0.4, 0.5) is 0 Å². The molecule has 1 aromatic carbocycles. The third-order valence-electron chi connectivity index (χ3n) is 3.12. The van der Waals surface area contributed by atoms with Crippen molar-refractivity contribution in [1.82, 2.24) is 9.88 Å². The van der Waals surface area contributed by atoms with Crippen LogP contribution >= 0.6 is 0 Å². The van der Waals surface area contributed by atoms with Gasteiger partial charge in [-0.2, -0.15) is 0 Å². The van der Waals surface area contributed by atoms with Gasteiger partial charge in [0, 0.05) is 18.5 Å². The predicted molar refractivity (Wildman–Crippen MR) is 77.0 cm³/mol. The Hall–Kier alpha value is -1.94. The molecule has 0 unspecified atom stereocenters. The zero-order valence-electron chi connectivity index (χ0n) is 11.2. The Bertz CT molecular complexity index is 568. The van der Waals surface area contributed by atoms with Gasteiger partial charge < -0.3 is 10.6 Å². The molecular weight excluding hydrogens is 238 g/mol. The van der Waals surface area contributed by atoms with Crippen molar-refractivity contribution in [3.63, 3.8) is 0 Å². The summed E-state index contributed by atoms with van der Waals surface area (Å²) in [6.45, 7) is 3.91. The van der Waals surface area contributed by atoms with E-state index in [0.29, 0.717) is 25.3 Å². The molecule has 0 bridgehead atoms. The highest BCUT2D eigenvalue weighted by atomic mass is 16.2. The summed E-state index contributed by atoms with van der Waals surface area (Å²) in [5.74, 6) is -0.0262. The zero-order chi connectivity index (χ0) is 13.7. The van der Waals surface area contributed by atoms with Gasteiger partial charge in [0.1, 0.15) is 5.69 Å². The van der Waals surface area contributed by atoms with Gasteiger partial charge in [-0.25, -0.2) is 4.98 Å². The van der Waals surface area contributed by atoms with E-state index in [1.54, 1.807) is 11.0 Å². The minimum atomic E-state index is -0.0262. The molecule has 1 heterocycles. The van der Waals surface area contributed by atoms with Crippen LogP contribution in [0.1, 0.15) is 23.8 Å². The van der Waals surface area contributed by atoms with E-state index in [4.69, 9.17) is 5.73 Å². The maximum Gasteiger partial charge on any atom is 0.272 e. The van der Waals surface area contributed by atoms with Gasteiger partial charge in [0.15, 0.2) is 0 Å². The fourth-order valence-corrected chi connectivity index (χ4v) is 2.03. The fourth-order valence-electron chi connectivity index (χ4n) is 2.03. The van der Waals surface area contributed by atoms with E-state index in [1.165, 1.54) is 0 Å². The van der Waals surface area contributed by atoms with Crippen molar-refractivity contribution in [3.05, 3.63) is 42.1 Å². The van der Waals surface area contributed by atoms with Gasteiger partial charge in [-0.15, -0.1) is 0 Å². The number of carbonyl (C=O) groups is 1. The summed E-state index contributed by atoms with van der Waals surface area (Å²) in [6.07, 6.45) is 0.813. The quantitative estimate of drug-likeness (QED) is 0.891. The van der Waals surface area contributed by atoms with Crippen molar-refractivity contribution >= 4 is 16.8 Å². The average molecular weight is 257 g/mol. The Morgan fingerprint density at radius 1 is 1.26 bits per heavy atom. The van der Waals surface area contributed by atoms with Gasteiger partial charge in [0.25, 0.3) is 5.91 Å². The SMILES string of the molecule is CCN(CCCN)C(=O)c1ccc2ccccc2n1. The lowest BCUT2D eigenvalue weighted by atomic mass is 10.2. The Labute approximate surface area is 113 Å². The van der Waals surface area contributed by atoms with Crippen molar-refractivity contribution in [2.24, 2.45) is 5.73 Å². The smallest absolute Gasteiger partial charge is 0.272 e. The van der Waals surface area contributed by atoms with Crippen molar-refractivity contribution in [3.8, 4) is 0 Å². The molecule has 2 aromatic rings. The summed E-state index contributed by atoms with van der Waals surface area (Å²) in [7, 11) is 0. The van der Waals surface area contributed by atoms with Crippen molar-refractivity contribution in [2.45, 2.75) is 13.3 Å². The summed E-state index contributed by atoms with van der Waals surface area (Å²) >= 11 is 0. The summed E-state index contributed by atoms with van der Waals surface area (Å²) < 4.78 is 0. The van der Waals surface area contributed by atoms with E-state index in [2.05, 4.69) is 4.98 Å². The number of aromatic nitrogens is 1. The molecule has 0 aliphatic heterocycles. The molecule has 0 radical (unpaired) electrons. The van der Waals surface area contributed by atoms with Crippen LogP contribution in [-0.2, 0) is 0 Å². The zero-order valence-corrected chi connectivity index (χ0v) is 11.2. The van der Waals surface area contributed by atoms with Crippen LogP contribution in [-0.4, -0.2) is 35.4 Å². The lowest BCUT2D eigenvalue weighted by Crippen LogP contribution is -2.33.